The van der Waals surface area contributed by atoms with Gasteiger partial charge < -0.3 is 4.74 Å². The van der Waals surface area contributed by atoms with Gasteiger partial charge in [0, 0.05) is 0 Å². The van der Waals surface area contributed by atoms with Crippen LogP contribution in [0.15, 0.2) is 0 Å². The molecule has 112 valence electrons. The van der Waals surface area contributed by atoms with Crippen LogP contribution >= 0.6 is 0 Å². The summed E-state index contributed by atoms with van der Waals surface area (Å²) in [7, 11) is -2.78. The summed E-state index contributed by atoms with van der Waals surface area (Å²) in [6, 6.07) is 0. The lowest BCUT2D eigenvalue weighted by Crippen LogP contribution is -2.40. The average Bonchev–Trinajstić information content (AvgIpc) is 2.77. The Morgan fingerprint density at radius 3 is 2.40 bits per heavy atom. The van der Waals surface area contributed by atoms with E-state index in [1.165, 1.54) is 12.8 Å². The maximum atomic E-state index is 12.4. The standard InChI is InChI=1S/C16H24O3S/c1-7-5-11(15-8(2)19-15)14-10-6-12(13(7)14)16-9(10)3-4-20(16,17)18/h7-16H,3-6H2,1-2H3. The van der Waals surface area contributed by atoms with Gasteiger partial charge in [0.1, 0.15) is 0 Å². The van der Waals surface area contributed by atoms with Crippen LogP contribution in [0, 0.1) is 41.4 Å². The molecular formula is C16H24O3S. The third kappa shape index (κ3) is 1.34. The summed E-state index contributed by atoms with van der Waals surface area (Å²) < 4.78 is 30.6. The Kier molecular flexibility index (Phi) is 2.26. The van der Waals surface area contributed by atoms with Crippen molar-refractivity contribution in [2.45, 2.75) is 50.6 Å². The van der Waals surface area contributed by atoms with Crippen LogP contribution in [0.1, 0.15) is 33.1 Å². The van der Waals surface area contributed by atoms with Crippen molar-refractivity contribution in [2.24, 2.45) is 41.4 Å². The summed E-state index contributed by atoms with van der Waals surface area (Å²) in [5, 5.41) is 0.0347. The van der Waals surface area contributed by atoms with E-state index in [-0.39, 0.29) is 5.25 Å². The molecule has 0 aromatic heterocycles. The van der Waals surface area contributed by atoms with E-state index in [9.17, 15) is 8.42 Å². The Labute approximate surface area is 121 Å². The second kappa shape index (κ2) is 3.62. The van der Waals surface area contributed by atoms with Gasteiger partial charge in [0.25, 0.3) is 0 Å². The fourth-order valence-corrected chi connectivity index (χ4v) is 9.64. The minimum Gasteiger partial charge on any atom is -0.370 e. The van der Waals surface area contributed by atoms with E-state index in [1.807, 2.05) is 0 Å². The highest BCUT2D eigenvalue weighted by Crippen LogP contribution is 2.69. The van der Waals surface area contributed by atoms with E-state index < -0.39 is 9.84 Å². The van der Waals surface area contributed by atoms with E-state index in [0.717, 1.165) is 18.3 Å². The molecule has 0 spiro atoms. The van der Waals surface area contributed by atoms with Crippen molar-refractivity contribution >= 4 is 9.84 Å². The van der Waals surface area contributed by atoms with E-state index in [0.29, 0.717) is 47.6 Å². The normalized spacial score (nSPS) is 65.3. The van der Waals surface area contributed by atoms with Gasteiger partial charge in [-0.05, 0) is 67.6 Å². The molecule has 2 bridgehead atoms. The van der Waals surface area contributed by atoms with Crippen molar-refractivity contribution in [1.29, 1.82) is 0 Å². The van der Waals surface area contributed by atoms with Crippen molar-refractivity contribution in [1.82, 2.24) is 0 Å². The molecule has 0 amide bonds. The zero-order valence-electron chi connectivity index (χ0n) is 12.2. The molecular weight excluding hydrogens is 272 g/mol. The van der Waals surface area contributed by atoms with E-state index in [2.05, 4.69) is 13.8 Å². The van der Waals surface area contributed by atoms with Crippen LogP contribution in [0.3, 0.4) is 0 Å². The summed E-state index contributed by atoms with van der Waals surface area (Å²) >= 11 is 0. The average molecular weight is 296 g/mol. The third-order valence-corrected chi connectivity index (χ3v) is 9.83. The first-order valence-electron chi connectivity index (χ1n) is 8.36. The summed E-state index contributed by atoms with van der Waals surface area (Å²) in [4.78, 5) is 0. The molecule has 0 N–H and O–H groups in total. The zero-order valence-corrected chi connectivity index (χ0v) is 13.1. The fraction of sp³-hybridized carbons (Fsp3) is 1.00. The van der Waals surface area contributed by atoms with Crippen LogP contribution in [0.5, 0.6) is 0 Å². The lowest BCUT2D eigenvalue weighted by Gasteiger charge is -2.36. The molecule has 4 heteroatoms. The maximum Gasteiger partial charge on any atom is 0.153 e. The van der Waals surface area contributed by atoms with Crippen molar-refractivity contribution < 1.29 is 13.2 Å². The molecule has 3 nitrogen and oxygen atoms in total. The van der Waals surface area contributed by atoms with Crippen LogP contribution < -0.4 is 0 Å². The largest absolute Gasteiger partial charge is 0.370 e. The Bertz CT molecular complexity index is 556. The highest BCUT2D eigenvalue weighted by atomic mass is 32.2. The van der Waals surface area contributed by atoms with Gasteiger partial charge >= 0.3 is 0 Å². The van der Waals surface area contributed by atoms with E-state index in [1.54, 1.807) is 0 Å². The van der Waals surface area contributed by atoms with Gasteiger partial charge in [-0.3, -0.25) is 0 Å². The number of rotatable bonds is 1. The SMILES string of the molecule is CC1CC(C2OC2C)C2C3CC(C12)C1C3CCS1(=O)=O. The zero-order chi connectivity index (χ0) is 13.8. The quantitative estimate of drug-likeness (QED) is 0.696. The minimum atomic E-state index is -2.78. The highest BCUT2D eigenvalue weighted by molar-refractivity contribution is 7.92. The summed E-state index contributed by atoms with van der Waals surface area (Å²) in [6.45, 7) is 4.56. The lowest BCUT2D eigenvalue weighted by molar-refractivity contribution is 0.133. The number of ether oxygens (including phenoxy) is 1. The van der Waals surface area contributed by atoms with Crippen molar-refractivity contribution in [2.75, 3.05) is 5.75 Å². The summed E-state index contributed by atoms with van der Waals surface area (Å²) in [5.74, 6) is 5.01. The Balaban J connectivity index is 1.52. The third-order valence-electron chi connectivity index (χ3n) is 7.50. The second-order valence-corrected chi connectivity index (χ2v) is 10.5. The highest BCUT2D eigenvalue weighted by Gasteiger charge is 2.69. The van der Waals surface area contributed by atoms with Crippen LogP contribution in [0.2, 0.25) is 0 Å². The number of hydrogen-bond acceptors (Lipinski definition) is 3. The molecule has 3 aliphatic carbocycles. The topological polar surface area (TPSA) is 46.7 Å². The molecule has 10 unspecified atom stereocenters. The number of fused-ring (bicyclic) bond motifs is 8. The van der Waals surface area contributed by atoms with Crippen molar-refractivity contribution in [3.63, 3.8) is 0 Å². The Hall–Kier alpha value is -0.0900. The van der Waals surface area contributed by atoms with Crippen molar-refractivity contribution in [3.05, 3.63) is 0 Å². The number of hydrogen-bond donors (Lipinski definition) is 0. The lowest BCUT2D eigenvalue weighted by atomic mass is 9.70. The van der Waals surface area contributed by atoms with Gasteiger partial charge in [0.2, 0.25) is 0 Å². The Morgan fingerprint density at radius 2 is 1.70 bits per heavy atom. The molecule has 2 aliphatic heterocycles. The molecule has 0 radical (unpaired) electrons. The molecule has 5 fully saturated rings. The van der Waals surface area contributed by atoms with Gasteiger partial charge in [-0.15, -0.1) is 0 Å². The first-order chi connectivity index (χ1) is 9.49. The predicted octanol–water partition coefficient (Wildman–Crippen LogP) is 2.12. The molecule has 10 atom stereocenters. The predicted molar refractivity (Wildman–Crippen MR) is 75.9 cm³/mol. The number of sulfone groups is 1. The Morgan fingerprint density at radius 1 is 0.950 bits per heavy atom. The van der Waals surface area contributed by atoms with Gasteiger partial charge in [-0.1, -0.05) is 6.92 Å². The van der Waals surface area contributed by atoms with Crippen LogP contribution in [0.25, 0.3) is 0 Å². The number of epoxide rings is 1. The van der Waals surface area contributed by atoms with Crippen LogP contribution in [0.4, 0.5) is 0 Å². The van der Waals surface area contributed by atoms with E-state index >= 15 is 0 Å². The van der Waals surface area contributed by atoms with Crippen molar-refractivity contribution in [3.8, 4) is 0 Å². The molecule has 2 heterocycles. The second-order valence-electron chi connectivity index (χ2n) is 8.18. The van der Waals surface area contributed by atoms with Gasteiger partial charge in [0.05, 0.1) is 23.2 Å². The monoisotopic (exact) mass is 296 g/mol. The maximum absolute atomic E-state index is 12.4. The molecule has 5 rings (SSSR count). The smallest absolute Gasteiger partial charge is 0.153 e. The summed E-state index contributed by atoms with van der Waals surface area (Å²) in [5.41, 5.74) is 0. The van der Waals surface area contributed by atoms with Gasteiger partial charge in [-0.2, -0.15) is 0 Å². The van der Waals surface area contributed by atoms with Gasteiger partial charge in [-0.25, -0.2) is 8.42 Å². The van der Waals surface area contributed by atoms with Gasteiger partial charge in [0.15, 0.2) is 9.84 Å². The molecule has 5 aliphatic rings. The fourth-order valence-electron chi connectivity index (χ4n) is 7.07. The minimum absolute atomic E-state index is 0.0347. The summed E-state index contributed by atoms with van der Waals surface area (Å²) in [6.07, 6.45) is 4.36. The molecule has 3 saturated carbocycles. The van der Waals surface area contributed by atoms with E-state index in [4.69, 9.17) is 4.74 Å². The molecule has 20 heavy (non-hydrogen) atoms. The van der Waals surface area contributed by atoms with Crippen LogP contribution in [-0.4, -0.2) is 31.6 Å². The molecule has 0 aromatic carbocycles. The molecule has 2 saturated heterocycles. The molecule has 0 aromatic rings. The van der Waals surface area contributed by atoms with Crippen LogP contribution in [-0.2, 0) is 14.6 Å². The first-order valence-corrected chi connectivity index (χ1v) is 10.1. The first kappa shape index (κ1) is 12.5.